The molecular formula is C41H27BrN2S2. The van der Waals surface area contributed by atoms with Crippen LogP contribution in [0.4, 0.5) is 0 Å². The minimum absolute atomic E-state index is 0.871. The van der Waals surface area contributed by atoms with Crippen LogP contribution in [0, 0.1) is 6.92 Å². The SMILES string of the molecule is Cc1ccc(-c2ccc(-c3ccc(Br)s3)c3nc(-c4ccc(-c5ccccc5)cc4)c(-c4ccc(-c5ccccc5)cc4)nc23)s1. The summed E-state index contributed by atoms with van der Waals surface area (Å²) in [5.41, 5.74) is 12.6. The van der Waals surface area contributed by atoms with Gasteiger partial charge in [0.05, 0.1) is 26.2 Å². The van der Waals surface area contributed by atoms with Crippen molar-refractivity contribution in [2.24, 2.45) is 0 Å². The van der Waals surface area contributed by atoms with E-state index in [0.717, 1.165) is 53.3 Å². The molecule has 0 saturated heterocycles. The average Bonchev–Trinajstić information content (AvgIpc) is 3.76. The number of fused-ring (bicyclic) bond motifs is 1. The maximum Gasteiger partial charge on any atom is 0.0988 e. The second-order valence-electron chi connectivity index (χ2n) is 11.2. The Balaban J connectivity index is 1.37. The number of aryl methyl sites for hydroxylation is 1. The molecule has 0 radical (unpaired) electrons. The van der Waals surface area contributed by atoms with Crippen LogP contribution in [-0.2, 0) is 0 Å². The molecule has 0 aliphatic heterocycles. The van der Waals surface area contributed by atoms with Crippen LogP contribution < -0.4 is 0 Å². The second-order valence-corrected chi connectivity index (χ2v) is 14.9. The zero-order valence-electron chi connectivity index (χ0n) is 24.9. The van der Waals surface area contributed by atoms with Crippen molar-refractivity contribution in [1.82, 2.24) is 9.97 Å². The molecule has 3 heterocycles. The molecule has 0 spiro atoms. The Morgan fingerprint density at radius 3 is 1.24 bits per heavy atom. The maximum atomic E-state index is 5.52. The van der Waals surface area contributed by atoms with E-state index in [0.29, 0.717) is 0 Å². The first-order valence-electron chi connectivity index (χ1n) is 15.1. The van der Waals surface area contributed by atoms with E-state index in [1.54, 1.807) is 22.7 Å². The largest absolute Gasteiger partial charge is 0.243 e. The van der Waals surface area contributed by atoms with Gasteiger partial charge in [-0.1, -0.05) is 121 Å². The molecule has 0 saturated carbocycles. The van der Waals surface area contributed by atoms with Gasteiger partial charge in [-0.25, -0.2) is 9.97 Å². The van der Waals surface area contributed by atoms with Crippen molar-refractivity contribution in [3.8, 4) is 65.6 Å². The van der Waals surface area contributed by atoms with Crippen LogP contribution in [0.25, 0.3) is 76.7 Å². The van der Waals surface area contributed by atoms with Gasteiger partial charge in [0.15, 0.2) is 0 Å². The molecule has 0 atom stereocenters. The van der Waals surface area contributed by atoms with Gasteiger partial charge in [-0.2, -0.15) is 0 Å². The minimum Gasteiger partial charge on any atom is -0.243 e. The van der Waals surface area contributed by atoms with Crippen LogP contribution >= 0.6 is 38.6 Å². The molecular weight excluding hydrogens is 665 g/mol. The van der Waals surface area contributed by atoms with Crippen LogP contribution in [0.5, 0.6) is 0 Å². The molecule has 0 N–H and O–H groups in total. The topological polar surface area (TPSA) is 25.8 Å². The molecule has 8 rings (SSSR count). The molecule has 46 heavy (non-hydrogen) atoms. The summed E-state index contributed by atoms with van der Waals surface area (Å²) in [5, 5.41) is 0. The van der Waals surface area contributed by atoms with Gasteiger partial charge in [0.25, 0.3) is 0 Å². The number of rotatable bonds is 6. The maximum absolute atomic E-state index is 5.52. The highest BCUT2D eigenvalue weighted by Crippen LogP contribution is 2.42. The van der Waals surface area contributed by atoms with Crippen molar-refractivity contribution in [3.05, 3.63) is 154 Å². The van der Waals surface area contributed by atoms with E-state index in [1.807, 2.05) is 12.1 Å². The van der Waals surface area contributed by atoms with E-state index in [2.05, 4.69) is 156 Å². The standard InChI is InChI=1S/C41H27BrN2S2/c1-26-12-23-35(45-26)33-21-22-34(36-24-25-37(42)46-36)41-40(33)43-38(31-17-13-29(14-18-31)27-8-4-2-5-9-27)39(44-41)32-19-15-30(16-20-32)28-10-6-3-7-11-28/h2-25H,1H3. The molecule has 5 aromatic carbocycles. The van der Waals surface area contributed by atoms with E-state index in [4.69, 9.17) is 9.97 Å². The van der Waals surface area contributed by atoms with Gasteiger partial charge in [-0.15, -0.1) is 22.7 Å². The predicted octanol–water partition coefficient (Wildman–Crippen LogP) is 12.8. The molecule has 3 aromatic heterocycles. The summed E-state index contributed by atoms with van der Waals surface area (Å²) in [5.74, 6) is 0. The summed E-state index contributed by atoms with van der Waals surface area (Å²) >= 11 is 7.18. The Morgan fingerprint density at radius 2 is 0.826 bits per heavy atom. The first-order valence-corrected chi connectivity index (χ1v) is 17.5. The third-order valence-electron chi connectivity index (χ3n) is 8.20. The number of thiophene rings is 2. The lowest BCUT2D eigenvalue weighted by Crippen LogP contribution is -1.98. The Morgan fingerprint density at radius 1 is 0.413 bits per heavy atom. The number of nitrogens with zero attached hydrogens (tertiary/aromatic N) is 2. The minimum atomic E-state index is 0.871. The van der Waals surface area contributed by atoms with Crippen LogP contribution in [0.2, 0.25) is 0 Å². The van der Waals surface area contributed by atoms with E-state index in [9.17, 15) is 0 Å². The molecule has 0 amide bonds. The van der Waals surface area contributed by atoms with Crippen molar-refractivity contribution < 1.29 is 0 Å². The number of hydrogen-bond donors (Lipinski definition) is 0. The summed E-state index contributed by atoms with van der Waals surface area (Å²) in [6, 6.07) is 51.4. The highest BCUT2D eigenvalue weighted by Gasteiger charge is 2.20. The van der Waals surface area contributed by atoms with Crippen molar-refractivity contribution >= 4 is 49.6 Å². The Bertz CT molecular complexity index is 2140. The average molecular weight is 692 g/mol. The summed E-state index contributed by atoms with van der Waals surface area (Å²) in [7, 11) is 0. The van der Waals surface area contributed by atoms with E-state index in [1.165, 1.54) is 32.0 Å². The summed E-state index contributed by atoms with van der Waals surface area (Å²) in [6.45, 7) is 2.15. The molecule has 0 aliphatic rings. The smallest absolute Gasteiger partial charge is 0.0988 e. The molecule has 2 nitrogen and oxygen atoms in total. The molecule has 220 valence electrons. The molecule has 5 heteroatoms. The quantitative estimate of drug-likeness (QED) is 0.173. The summed E-state index contributed by atoms with van der Waals surface area (Å²) < 4.78 is 1.09. The van der Waals surface area contributed by atoms with Crippen LogP contribution in [-0.4, -0.2) is 9.97 Å². The fraction of sp³-hybridized carbons (Fsp3) is 0.0244. The van der Waals surface area contributed by atoms with Gasteiger partial charge >= 0.3 is 0 Å². The van der Waals surface area contributed by atoms with Gasteiger partial charge in [-0.3, -0.25) is 0 Å². The lowest BCUT2D eigenvalue weighted by Gasteiger charge is -2.15. The first-order chi connectivity index (χ1) is 22.6. The van der Waals surface area contributed by atoms with Gasteiger partial charge in [0.2, 0.25) is 0 Å². The molecule has 0 bridgehead atoms. The lowest BCUT2D eigenvalue weighted by molar-refractivity contribution is 1.29. The number of aromatic nitrogens is 2. The second kappa shape index (κ2) is 12.3. The first kappa shape index (κ1) is 28.8. The Hall–Kier alpha value is -4.68. The van der Waals surface area contributed by atoms with Gasteiger partial charge in [0.1, 0.15) is 0 Å². The highest BCUT2D eigenvalue weighted by molar-refractivity contribution is 9.11. The van der Waals surface area contributed by atoms with E-state index < -0.39 is 0 Å². The van der Waals surface area contributed by atoms with Crippen LogP contribution in [0.3, 0.4) is 0 Å². The van der Waals surface area contributed by atoms with Crippen molar-refractivity contribution in [2.45, 2.75) is 6.92 Å². The monoisotopic (exact) mass is 690 g/mol. The summed E-state index contributed by atoms with van der Waals surface area (Å²) in [6.07, 6.45) is 0. The van der Waals surface area contributed by atoms with Crippen molar-refractivity contribution in [1.29, 1.82) is 0 Å². The van der Waals surface area contributed by atoms with E-state index >= 15 is 0 Å². The Kier molecular flexibility index (Phi) is 7.67. The van der Waals surface area contributed by atoms with Crippen LogP contribution in [0.15, 0.2) is 149 Å². The van der Waals surface area contributed by atoms with Crippen LogP contribution in [0.1, 0.15) is 4.88 Å². The van der Waals surface area contributed by atoms with Gasteiger partial charge in [-0.05, 0) is 69.4 Å². The van der Waals surface area contributed by atoms with Crippen molar-refractivity contribution in [3.63, 3.8) is 0 Å². The molecule has 0 fully saturated rings. The molecule has 8 aromatic rings. The zero-order valence-corrected chi connectivity index (χ0v) is 28.2. The predicted molar refractivity (Wildman–Crippen MR) is 200 cm³/mol. The fourth-order valence-corrected chi connectivity index (χ4v) is 8.18. The number of hydrogen-bond acceptors (Lipinski definition) is 4. The number of benzene rings is 5. The number of halogens is 1. The fourth-order valence-electron chi connectivity index (χ4n) is 5.88. The third-order valence-corrected chi connectivity index (χ3v) is 10.9. The molecule has 0 aliphatic carbocycles. The normalized spacial score (nSPS) is 11.3. The van der Waals surface area contributed by atoms with E-state index in [-0.39, 0.29) is 0 Å². The van der Waals surface area contributed by atoms with Gasteiger partial charge in [0, 0.05) is 36.9 Å². The summed E-state index contributed by atoms with van der Waals surface area (Å²) in [4.78, 5) is 14.7. The zero-order chi connectivity index (χ0) is 31.0. The van der Waals surface area contributed by atoms with Crippen molar-refractivity contribution in [2.75, 3.05) is 0 Å². The highest BCUT2D eigenvalue weighted by atomic mass is 79.9. The Labute approximate surface area is 284 Å². The lowest BCUT2D eigenvalue weighted by atomic mass is 9.97. The van der Waals surface area contributed by atoms with Gasteiger partial charge < -0.3 is 0 Å². The third kappa shape index (κ3) is 5.51. The molecule has 0 unspecified atom stereocenters.